The Morgan fingerprint density at radius 1 is 1.46 bits per heavy atom. The Hall–Kier alpha value is -0.920. The maximum atomic E-state index is 5.54. The molecule has 0 bridgehead atoms. The molecule has 0 aromatic heterocycles. The molecule has 0 fully saturated rings. The molecule has 2 nitrogen and oxygen atoms in total. The van der Waals surface area contributed by atoms with E-state index in [4.69, 9.17) is 9.47 Å². The van der Waals surface area contributed by atoms with Crippen molar-refractivity contribution in [2.75, 3.05) is 0 Å². The molecular formula is C11H18O2. The van der Waals surface area contributed by atoms with E-state index in [-0.39, 0.29) is 0 Å². The number of unbranched alkanes of at least 4 members (excludes halogenated alkanes) is 2. The van der Waals surface area contributed by atoms with Crippen molar-refractivity contribution in [2.24, 2.45) is 0 Å². The molecule has 0 unspecified atom stereocenters. The van der Waals surface area contributed by atoms with E-state index in [0.29, 0.717) is 0 Å². The molecule has 1 aliphatic rings. The predicted molar refractivity (Wildman–Crippen MR) is 53.0 cm³/mol. The number of allylic oxidation sites excluding steroid dienone is 2. The minimum Gasteiger partial charge on any atom is -0.457 e. The molecule has 0 spiro atoms. The molecule has 0 saturated carbocycles. The summed E-state index contributed by atoms with van der Waals surface area (Å²) in [5.74, 6) is 0.516. The van der Waals surface area contributed by atoms with Crippen LogP contribution in [-0.2, 0) is 9.47 Å². The second-order valence-corrected chi connectivity index (χ2v) is 3.74. The first-order valence-electron chi connectivity index (χ1n) is 4.81. The van der Waals surface area contributed by atoms with Gasteiger partial charge in [0.25, 0.3) is 0 Å². The van der Waals surface area contributed by atoms with E-state index in [1.54, 1.807) is 6.26 Å². The Morgan fingerprint density at radius 2 is 2.23 bits per heavy atom. The van der Waals surface area contributed by atoms with Crippen LogP contribution in [0, 0.1) is 0 Å². The smallest absolute Gasteiger partial charge is 0.244 e. The van der Waals surface area contributed by atoms with Crippen molar-refractivity contribution in [1.29, 1.82) is 0 Å². The van der Waals surface area contributed by atoms with E-state index < -0.39 is 5.79 Å². The molecule has 2 heteroatoms. The highest BCUT2D eigenvalue weighted by Crippen LogP contribution is 2.27. The summed E-state index contributed by atoms with van der Waals surface area (Å²) in [5, 5.41) is 0. The van der Waals surface area contributed by atoms with Crippen molar-refractivity contribution >= 4 is 0 Å². The minimum atomic E-state index is -0.451. The lowest BCUT2D eigenvalue weighted by Crippen LogP contribution is -2.20. The summed E-state index contributed by atoms with van der Waals surface area (Å²) in [6, 6.07) is 0. The van der Waals surface area contributed by atoms with Crippen LogP contribution in [0.5, 0.6) is 0 Å². The second kappa shape index (κ2) is 4.35. The zero-order valence-electron chi connectivity index (χ0n) is 8.51. The Morgan fingerprint density at radius 3 is 2.77 bits per heavy atom. The summed E-state index contributed by atoms with van der Waals surface area (Å²) in [6.45, 7) is 7.52. The molecule has 1 heterocycles. The van der Waals surface area contributed by atoms with Gasteiger partial charge < -0.3 is 9.47 Å². The fourth-order valence-electron chi connectivity index (χ4n) is 1.27. The van der Waals surface area contributed by atoms with Crippen molar-refractivity contribution in [2.45, 2.75) is 45.3 Å². The van der Waals surface area contributed by atoms with Gasteiger partial charge in [-0.1, -0.05) is 6.08 Å². The molecule has 0 aromatic rings. The fourth-order valence-corrected chi connectivity index (χ4v) is 1.27. The number of hydrogen-bond donors (Lipinski definition) is 0. The van der Waals surface area contributed by atoms with Gasteiger partial charge in [-0.3, -0.25) is 0 Å². The second-order valence-electron chi connectivity index (χ2n) is 3.74. The van der Waals surface area contributed by atoms with Crippen LogP contribution >= 0.6 is 0 Å². The number of ether oxygens (including phenoxy) is 2. The average Bonchev–Trinajstić information content (AvgIpc) is 2.40. The van der Waals surface area contributed by atoms with Gasteiger partial charge in [-0.05, 0) is 19.3 Å². The lowest BCUT2D eigenvalue weighted by Gasteiger charge is -2.18. The van der Waals surface area contributed by atoms with Gasteiger partial charge in [0.05, 0.1) is 0 Å². The van der Waals surface area contributed by atoms with E-state index >= 15 is 0 Å². The topological polar surface area (TPSA) is 18.5 Å². The predicted octanol–water partition coefficient (Wildman–Crippen LogP) is 3.36. The van der Waals surface area contributed by atoms with Gasteiger partial charge in [0, 0.05) is 20.3 Å². The van der Waals surface area contributed by atoms with Crippen molar-refractivity contribution in [3.05, 3.63) is 24.7 Å². The summed E-state index contributed by atoms with van der Waals surface area (Å²) in [5.41, 5.74) is 0. The summed E-state index contributed by atoms with van der Waals surface area (Å²) >= 11 is 0. The summed E-state index contributed by atoms with van der Waals surface area (Å²) in [7, 11) is 0. The van der Waals surface area contributed by atoms with Crippen LogP contribution in [0.1, 0.15) is 39.5 Å². The van der Waals surface area contributed by atoms with Crippen LogP contribution in [0.2, 0.25) is 0 Å². The first-order valence-corrected chi connectivity index (χ1v) is 4.81. The van der Waals surface area contributed by atoms with Gasteiger partial charge in [0.15, 0.2) is 0 Å². The van der Waals surface area contributed by atoms with Crippen LogP contribution in [0.25, 0.3) is 0 Å². The Bertz CT molecular complexity index is 204. The van der Waals surface area contributed by atoms with Gasteiger partial charge >= 0.3 is 0 Å². The minimum absolute atomic E-state index is 0.451. The molecule has 1 rings (SSSR count). The first kappa shape index (κ1) is 10.2. The lowest BCUT2D eigenvalue weighted by atomic mass is 10.2. The van der Waals surface area contributed by atoms with E-state index in [0.717, 1.165) is 25.0 Å². The SMILES string of the molecule is C=CCCCCC1=COC(C)(C)O1. The maximum absolute atomic E-state index is 5.54. The Labute approximate surface area is 80.2 Å². The number of rotatable bonds is 5. The highest BCUT2D eigenvalue weighted by Gasteiger charge is 2.26. The molecule has 1 aliphatic heterocycles. The average molecular weight is 182 g/mol. The highest BCUT2D eigenvalue weighted by molar-refractivity contribution is 4.95. The summed E-state index contributed by atoms with van der Waals surface area (Å²) in [4.78, 5) is 0. The molecule has 74 valence electrons. The van der Waals surface area contributed by atoms with Crippen LogP contribution in [0.3, 0.4) is 0 Å². The third-order valence-electron chi connectivity index (χ3n) is 1.93. The molecular weight excluding hydrogens is 164 g/mol. The van der Waals surface area contributed by atoms with Crippen LogP contribution in [0.4, 0.5) is 0 Å². The Kier molecular flexibility index (Phi) is 3.40. The van der Waals surface area contributed by atoms with Gasteiger partial charge in [-0.25, -0.2) is 0 Å². The zero-order valence-corrected chi connectivity index (χ0v) is 8.51. The van der Waals surface area contributed by atoms with E-state index in [9.17, 15) is 0 Å². The quantitative estimate of drug-likeness (QED) is 0.479. The largest absolute Gasteiger partial charge is 0.457 e. The van der Waals surface area contributed by atoms with Crippen molar-refractivity contribution < 1.29 is 9.47 Å². The van der Waals surface area contributed by atoms with E-state index in [1.807, 2.05) is 19.9 Å². The third kappa shape index (κ3) is 3.53. The molecule has 0 amide bonds. The lowest BCUT2D eigenvalue weighted by molar-refractivity contribution is -0.117. The zero-order chi connectivity index (χ0) is 9.73. The van der Waals surface area contributed by atoms with Crippen LogP contribution in [-0.4, -0.2) is 5.79 Å². The summed E-state index contributed by atoms with van der Waals surface area (Å²) in [6.07, 6.45) is 8.04. The Balaban J connectivity index is 2.14. The van der Waals surface area contributed by atoms with E-state index in [2.05, 4.69) is 6.58 Å². The summed E-state index contributed by atoms with van der Waals surface area (Å²) < 4.78 is 10.8. The van der Waals surface area contributed by atoms with Crippen LogP contribution in [0.15, 0.2) is 24.7 Å². The van der Waals surface area contributed by atoms with Gasteiger partial charge in [-0.15, -0.1) is 6.58 Å². The molecule has 0 saturated heterocycles. The van der Waals surface area contributed by atoms with Crippen molar-refractivity contribution in [3.8, 4) is 0 Å². The van der Waals surface area contributed by atoms with E-state index in [1.165, 1.54) is 6.42 Å². The normalized spacial score (nSPS) is 18.8. The third-order valence-corrected chi connectivity index (χ3v) is 1.93. The van der Waals surface area contributed by atoms with Crippen molar-refractivity contribution in [3.63, 3.8) is 0 Å². The monoisotopic (exact) mass is 182 g/mol. The molecule has 0 aromatic carbocycles. The molecule has 13 heavy (non-hydrogen) atoms. The molecule has 0 radical (unpaired) electrons. The standard InChI is InChI=1S/C11H18O2/c1-4-5-6-7-8-10-9-12-11(2,3)13-10/h4,9H,1,5-8H2,2-3H3. The van der Waals surface area contributed by atoms with Gasteiger partial charge in [0.2, 0.25) is 5.79 Å². The van der Waals surface area contributed by atoms with Gasteiger partial charge in [-0.2, -0.15) is 0 Å². The maximum Gasteiger partial charge on any atom is 0.244 e. The van der Waals surface area contributed by atoms with Gasteiger partial charge in [0.1, 0.15) is 12.0 Å². The molecule has 0 aliphatic carbocycles. The molecule has 0 atom stereocenters. The number of hydrogen-bond acceptors (Lipinski definition) is 2. The fraction of sp³-hybridized carbons (Fsp3) is 0.636. The first-order chi connectivity index (χ1) is 6.14. The highest BCUT2D eigenvalue weighted by atomic mass is 16.7. The van der Waals surface area contributed by atoms with Crippen molar-refractivity contribution in [1.82, 2.24) is 0 Å². The molecule has 0 N–H and O–H groups in total. The van der Waals surface area contributed by atoms with Crippen LogP contribution < -0.4 is 0 Å².